The number of piperidine rings is 1. The number of aliphatic hydroxyl groups excluding tert-OH is 2. The molecule has 0 bridgehead atoms. The molecule has 1 heterocycles. The molecule has 0 amide bonds. The molecule has 34 heavy (non-hydrogen) atoms. The van der Waals surface area contributed by atoms with E-state index in [1.165, 1.54) is 5.56 Å². The molecule has 3 N–H and O–H groups in total. The Kier molecular flexibility index (Phi) is 10.8. The fourth-order valence-electron chi connectivity index (χ4n) is 3.93. The Morgan fingerprint density at radius 3 is 2.18 bits per heavy atom. The number of rotatable bonds is 12. The minimum Gasteiger partial charge on any atom is -0.491 e. The van der Waals surface area contributed by atoms with E-state index < -0.39 is 12.2 Å². The molecule has 2 aromatic rings. The topological polar surface area (TPSA) is 74.2 Å². The van der Waals surface area contributed by atoms with E-state index in [9.17, 15) is 10.2 Å². The lowest BCUT2D eigenvalue weighted by Crippen LogP contribution is -2.47. The van der Waals surface area contributed by atoms with Crippen LogP contribution in [0.4, 0.5) is 0 Å². The number of ether oxygens (including phenoxy) is 2. The fraction of sp³-hybridized carbons (Fsp3) is 0.538. The van der Waals surface area contributed by atoms with Crippen molar-refractivity contribution in [3.63, 3.8) is 0 Å². The minimum absolute atomic E-state index is 0.197. The van der Waals surface area contributed by atoms with Gasteiger partial charge in [0.2, 0.25) is 0 Å². The Morgan fingerprint density at radius 1 is 0.912 bits per heavy atom. The summed E-state index contributed by atoms with van der Waals surface area (Å²) in [6.07, 6.45) is 0.769. The molecule has 0 aliphatic carbocycles. The van der Waals surface area contributed by atoms with Gasteiger partial charge in [-0.15, -0.1) is 0 Å². The number of hydrogen-bond donors (Lipinski definition) is 3. The molecule has 0 aromatic heterocycles. The van der Waals surface area contributed by atoms with Crippen LogP contribution in [0.2, 0.25) is 10.0 Å². The number of β-amino-alcohol motifs (C(OH)–C–C–N with tert-alkyl or cyclic N) is 1. The predicted molar refractivity (Wildman–Crippen MR) is 137 cm³/mol. The van der Waals surface area contributed by atoms with Gasteiger partial charge in [-0.2, -0.15) is 0 Å². The van der Waals surface area contributed by atoms with Gasteiger partial charge in [0.05, 0.1) is 10.0 Å². The summed E-state index contributed by atoms with van der Waals surface area (Å²) >= 11 is 11.9. The van der Waals surface area contributed by atoms with Gasteiger partial charge in [0.25, 0.3) is 0 Å². The third kappa shape index (κ3) is 8.91. The number of likely N-dealkylation sites (tertiary alicyclic amines) is 1. The van der Waals surface area contributed by atoms with Gasteiger partial charge in [-0.1, -0.05) is 49.2 Å². The van der Waals surface area contributed by atoms with Gasteiger partial charge in [0.15, 0.2) is 0 Å². The zero-order chi connectivity index (χ0) is 24.5. The first-order valence-corrected chi connectivity index (χ1v) is 12.7. The number of nitrogens with one attached hydrogen (secondary N) is 1. The maximum absolute atomic E-state index is 10.3. The maximum atomic E-state index is 10.3. The highest BCUT2D eigenvalue weighted by Gasteiger charge is 2.22. The standard InChI is InChI=1S/C26H36Cl2N2O4/c1-18(2)19-3-5-23(6-4-19)33-16-21(31)14-29-20-9-11-30(12-10-20)15-22(32)17-34-24-7-8-25(27)26(28)13-24/h3-8,13,18,20-22,29,31-32H,9-12,14-17H2,1-2H3/t21-,22-/m1/s1. The third-order valence-corrected chi connectivity index (χ3v) is 6.76. The number of nitrogens with zero attached hydrogens (tertiary/aromatic N) is 1. The van der Waals surface area contributed by atoms with Crippen molar-refractivity contribution < 1.29 is 19.7 Å². The molecule has 1 aliphatic rings. The van der Waals surface area contributed by atoms with Crippen LogP contribution in [0.5, 0.6) is 11.5 Å². The largest absolute Gasteiger partial charge is 0.491 e. The highest BCUT2D eigenvalue weighted by molar-refractivity contribution is 6.42. The van der Waals surface area contributed by atoms with Crippen molar-refractivity contribution in [2.75, 3.05) is 39.4 Å². The molecule has 1 saturated heterocycles. The molecule has 1 fully saturated rings. The second-order valence-electron chi connectivity index (χ2n) is 9.21. The normalized spacial score (nSPS) is 17.0. The van der Waals surface area contributed by atoms with E-state index in [0.29, 0.717) is 40.8 Å². The molecular weight excluding hydrogens is 475 g/mol. The van der Waals surface area contributed by atoms with E-state index in [-0.39, 0.29) is 13.2 Å². The summed E-state index contributed by atoms with van der Waals surface area (Å²) in [6, 6.07) is 13.4. The Morgan fingerprint density at radius 2 is 1.53 bits per heavy atom. The smallest absolute Gasteiger partial charge is 0.121 e. The van der Waals surface area contributed by atoms with Gasteiger partial charge in [0.1, 0.15) is 36.9 Å². The lowest BCUT2D eigenvalue weighted by atomic mass is 10.0. The quantitative estimate of drug-likeness (QED) is 0.394. The van der Waals surface area contributed by atoms with Gasteiger partial charge >= 0.3 is 0 Å². The van der Waals surface area contributed by atoms with Crippen LogP contribution in [0.25, 0.3) is 0 Å². The van der Waals surface area contributed by atoms with Crippen LogP contribution in [0.3, 0.4) is 0 Å². The van der Waals surface area contributed by atoms with Crippen LogP contribution in [0, 0.1) is 0 Å². The van der Waals surface area contributed by atoms with Crippen LogP contribution < -0.4 is 14.8 Å². The van der Waals surface area contributed by atoms with Crippen molar-refractivity contribution in [3.8, 4) is 11.5 Å². The first-order valence-electron chi connectivity index (χ1n) is 11.9. The molecule has 1 aliphatic heterocycles. The Bertz CT molecular complexity index is 874. The number of benzene rings is 2. The monoisotopic (exact) mass is 510 g/mol. The van der Waals surface area contributed by atoms with Crippen LogP contribution in [0.1, 0.15) is 38.2 Å². The molecule has 0 saturated carbocycles. The van der Waals surface area contributed by atoms with Crippen molar-refractivity contribution >= 4 is 23.2 Å². The summed E-state index contributed by atoms with van der Waals surface area (Å²) < 4.78 is 11.3. The van der Waals surface area contributed by atoms with Gasteiger partial charge in [0, 0.05) is 25.2 Å². The van der Waals surface area contributed by atoms with E-state index in [0.717, 1.165) is 31.7 Å². The van der Waals surface area contributed by atoms with Crippen LogP contribution >= 0.6 is 23.2 Å². The molecule has 0 spiro atoms. The highest BCUT2D eigenvalue weighted by atomic mass is 35.5. The minimum atomic E-state index is -0.590. The number of aliphatic hydroxyl groups is 2. The first kappa shape index (κ1) is 27.1. The lowest BCUT2D eigenvalue weighted by Gasteiger charge is -2.33. The van der Waals surface area contributed by atoms with Gasteiger partial charge in [-0.05, 0) is 61.7 Å². The molecule has 0 radical (unpaired) electrons. The average Bonchev–Trinajstić information content (AvgIpc) is 2.83. The third-order valence-electron chi connectivity index (χ3n) is 6.02. The molecule has 8 heteroatoms. The summed E-state index contributed by atoms with van der Waals surface area (Å²) in [7, 11) is 0. The van der Waals surface area contributed by atoms with Crippen molar-refractivity contribution in [1.82, 2.24) is 10.2 Å². The van der Waals surface area contributed by atoms with E-state index >= 15 is 0 Å². The lowest BCUT2D eigenvalue weighted by molar-refractivity contribution is 0.0556. The number of halogens is 2. The van der Waals surface area contributed by atoms with Crippen molar-refractivity contribution in [2.45, 2.75) is 50.9 Å². The van der Waals surface area contributed by atoms with E-state index in [2.05, 4.69) is 36.2 Å². The highest BCUT2D eigenvalue weighted by Crippen LogP contribution is 2.26. The molecule has 3 rings (SSSR count). The zero-order valence-electron chi connectivity index (χ0n) is 19.9. The molecule has 2 aromatic carbocycles. The summed E-state index contributed by atoms with van der Waals surface area (Å²) in [4.78, 5) is 2.24. The Balaban J connectivity index is 1.28. The first-order chi connectivity index (χ1) is 16.3. The van der Waals surface area contributed by atoms with Gasteiger partial charge in [-0.25, -0.2) is 0 Å². The van der Waals surface area contributed by atoms with E-state index in [1.807, 2.05) is 12.1 Å². The Labute approximate surface area is 212 Å². The van der Waals surface area contributed by atoms with Crippen molar-refractivity contribution in [3.05, 3.63) is 58.1 Å². The SMILES string of the molecule is CC(C)c1ccc(OC[C@H](O)CNC2CCN(C[C@@H](O)COc3ccc(Cl)c(Cl)c3)CC2)cc1. The summed E-state index contributed by atoms with van der Waals surface area (Å²) in [5, 5.41) is 25.0. The fourth-order valence-corrected chi connectivity index (χ4v) is 4.22. The van der Waals surface area contributed by atoms with Crippen LogP contribution in [-0.2, 0) is 0 Å². The second-order valence-corrected chi connectivity index (χ2v) is 10.0. The molecule has 2 atom stereocenters. The van der Waals surface area contributed by atoms with Crippen LogP contribution in [-0.4, -0.2) is 72.8 Å². The van der Waals surface area contributed by atoms with Crippen molar-refractivity contribution in [1.29, 1.82) is 0 Å². The molecular formula is C26H36Cl2N2O4. The maximum Gasteiger partial charge on any atom is 0.121 e. The zero-order valence-corrected chi connectivity index (χ0v) is 21.4. The number of hydrogen-bond acceptors (Lipinski definition) is 6. The van der Waals surface area contributed by atoms with Crippen LogP contribution in [0.15, 0.2) is 42.5 Å². The van der Waals surface area contributed by atoms with E-state index in [4.69, 9.17) is 32.7 Å². The average molecular weight is 511 g/mol. The predicted octanol–water partition coefficient (Wildman–Crippen LogP) is 4.35. The Hall–Kier alpha value is -1.54. The summed E-state index contributed by atoms with van der Waals surface area (Å²) in [5.41, 5.74) is 1.27. The summed E-state index contributed by atoms with van der Waals surface area (Å²) in [5.74, 6) is 1.85. The molecule has 188 valence electrons. The molecule has 6 nitrogen and oxygen atoms in total. The van der Waals surface area contributed by atoms with Crippen molar-refractivity contribution in [2.24, 2.45) is 0 Å². The van der Waals surface area contributed by atoms with Gasteiger partial charge in [-0.3, -0.25) is 0 Å². The van der Waals surface area contributed by atoms with Gasteiger partial charge < -0.3 is 29.9 Å². The van der Waals surface area contributed by atoms with E-state index in [1.54, 1.807) is 18.2 Å². The molecule has 0 unspecified atom stereocenters. The summed E-state index contributed by atoms with van der Waals surface area (Å²) in [6.45, 7) is 7.60. The second kappa shape index (κ2) is 13.5.